The van der Waals surface area contributed by atoms with Crippen molar-refractivity contribution in [1.82, 2.24) is 15.6 Å². The summed E-state index contributed by atoms with van der Waals surface area (Å²) in [4.78, 5) is 29.8. The second kappa shape index (κ2) is 5.02. The normalized spacial score (nSPS) is 26.7. The lowest BCUT2D eigenvalue weighted by molar-refractivity contribution is -0.125. The number of hydrogen-bond donors (Lipinski definition) is 2. The molecule has 1 unspecified atom stereocenters. The lowest BCUT2D eigenvalue weighted by Gasteiger charge is -2.39. The van der Waals surface area contributed by atoms with Crippen LogP contribution >= 0.6 is 0 Å². The van der Waals surface area contributed by atoms with Crippen LogP contribution in [0.5, 0.6) is 0 Å². The van der Waals surface area contributed by atoms with Gasteiger partial charge in [0.2, 0.25) is 0 Å². The fourth-order valence-electron chi connectivity index (χ4n) is 3.36. The van der Waals surface area contributed by atoms with E-state index < -0.39 is 5.54 Å². The van der Waals surface area contributed by atoms with Crippen LogP contribution in [-0.4, -0.2) is 35.6 Å². The number of carbonyl (C=O) groups is 2. The Bertz CT molecular complexity index is 581. The van der Waals surface area contributed by atoms with Gasteiger partial charge in [0.25, 0.3) is 5.91 Å². The predicted molar refractivity (Wildman–Crippen MR) is 79.0 cm³/mol. The third-order valence-electron chi connectivity index (χ3n) is 4.71. The molecule has 0 spiro atoms. The molecule has 1 aromatic heterocycles. The molecule has 3 rings (SSSR count). The minimum Gasteiger partial charge on any atom is -0.371 e. The Labute approximate surface area is 123 Å². The summed E-state index contributed by atoms with van der Waals surface area (Å²) in [6.45, 7) is 5.65. The molecule has 2 aliphatic heterocycles. The number of hydrogen-bond acceptors (Lipinski definition) is 4. The Morgan fingerprint density at radius 3 is 2.62 bits per heavy atom. The Morgan fingerprint density at radius 2 is 2.05 bits per heavy atom. The Morgan fingerprint density at radius 1 is 1.33 bits per heavy atom. The molecule has 6 heteroatoms. The van der Waals surface area contributed by atoms with Crippen molar-refractivity contribution in [2.75, 3.05) is 18.0 Å². The first-order chi connectivity index (χ1) is 10.0. The lowest BCUT2D eigenvalue weighted by atomic mass is 9.79. The number of carbonyl (C=O) groups excluding carboxylic acids is 2. The molecular formula is C15H20N4O2. The fourth-order valence-corrected chi connectivity index (χ4v) is 3.36. The van der Waals surface area contributed by atoms with E-state index in [0.29, 0.717) is 0 Å². The highest BCUT2D eigenvalue weighted by Gasteiger charge is 2.48. The van der Waals surface area contributed by atoms with Gasteiger partial charge in [-0.25, -0.2) is 4.79 Å². The highest BCUT2D eigenvalue weighted by molar-refractivity contribution is 6.06. The van der Waals surface area contributed by atoms with Crippen LogP contribution in [0, 0.1) is 12.8 Å². The van der Waals surface area contributed by atoms with Crippen LogP contribution in [0.15, 0.2) is 18.5 Å². The van der Waals surface area contributed by atoms with Gasteiger partial charge < -0.3 is 10.2 Å². The molecule has 0 radical (unpaired) electrons. The molecule has 1 atom stereocenters. The maximum atomic E-state index is 12.0. The van der Waals surface area contributed by atoms with Gasteiger partial charge >= 0.3 is 6.03 Å². The van der Waals surface area contributed by atoms with E-state index in [1.165, 1.54) is 5.69 Å². The van der Waals surface area contributed by atoms with Crippen molar-refractivity contribution in [2.24, 2.45) is 5.92 Å². The van der Waals surface area contributed by atoms with Crippen LogP contribution in [0.2, 0.25) is 0 Å². The molecular weight excluding hydrogens is 268 g/mol. The molecule has 21 heavy (non-hydrogen) atoms. The molecule has 0 bridgehead atoms. The number of piperidine rings is 1. The molecule has 3 heterocycles. The van der Waals surface area contributed by atoms with Gasteiger partial charge in [-0.3, -0.25) is 15.1 Å². The zero-order valence-electron chi connectivity index (χ0n) is 12.3. The maximum Gasteiger partial charge on any atom is 0.322 e. The van der Waals surface area contributed by atoms with Crippen molar-refractivity contribution >= 4 is 17.6 Å². The number of urea groups is 1. The standard InChI is InChI=1S/C15H20N4O2/c1-10-9-16-6-3-12(10)19-7-4-11(5-8-19)15(2)13(20)17-14(21)18-15/h3,6,9,11H,4-5,7-8H2,1-2H3,(H2,17,18,20,21). The van der Waals surface area contributed by atoms with Crippen LogP contribution in [0.25, 0.3) is 0 Å². The molecule has 0 aliphatic carbocycles. The van der Waals surface area contributed by atoms with E-state index in [4.69, 9.17) is 0 Å². The number of nitrogens with one attached hydrogen (secondary N) is 2. The number of pyridine rings is 1. The molecule has 2 aliphatic rings. The maximum absolute atomic E-state index is 12.0. The van der Waals surface area contributed by atoms with E-state index in [1.807, 2.05) is 19.2 Å². The third kappa shape index (κ3) is 2.34. The van der Waals surface area contributed by atoms with Gasteiger partial charge in [-0.2, -0.15) is 0 Å². The summed E-state index contributed by atoms with van der Waals surface area (Å²) in [7, 11) is 0. The van der Waals surface area contributed by atoms with E-state index in [-0.39, 0.29) is 17.9 Å². The number of aryl methyl sites for hydroxylation is 1. The summed E-state index contributed by atoms with van der Waals surface area (Å²) in [6.07, 6.45) is 5.44. The number of amides is 3. The van der Waals surface area contributed by atoms with Crippen LogP contribution in [0.4, 0.5) is 10.5 Å². The lowest BCUT2D eigenvalue weighted by Crippen LogP contribution is -2.53. The van der Waals surface area contributed by atoms with Gasteiger partial charge in [0.15, 0.2) is 0 Å². The SMILES string of the molecule is Cc1cnccc1N1CCC(C2(C)NC(=O)NC2=O)CC1. The van der Waals surface area contributed by atoms with E-state index in [0.717, 1.165) is 31.5 Å². The number of imide groups is 1. The van der Waals surface area contributed by atoms with Crippen molar-refractivity contribution < 1.29 is 9.59 Å². The summed E-state index contributed by atoms with van der Waals surface area (Å²) in [6, 6.07) is 1.65. The Balaban J connectivity index is 1.70. The first-order valence-corrected chi connectivity index (χ1v) is 7.30. The number of nitrogens with zero attached hydrogens (tertiary/aromatic N) is 2. The first kappa shape index (κ1) is 13.9. The van der Waals surface area contributed by atoms with E-state index in [9.17, 15) is 9.59 Å². The molecule has 6 nitrogen and oxygen atoms in total. The molecule has 1 aromatic rings. The number of anilines is 1. The van der Waals surface area contributed by atoms with Gasteiger partial charge in [-0.1, -0.05) is 0 Å². The predicted octanol–water partition coefficient (Wildman–Crippen LogP) is 1.20. The molecule has 2 saturated heterocycles. The molecule has 2 N–H and O–H groups in total. The van der Waals surface area contributed by atoms with Crippen LogP contribution in [-0.2, 0) is 4.79 Å². The molecule has 0 aromatic carbocycles. The van der Waals surface area contributed by atoms with Gasteiger partial charge in [0.1, 0.15) is 5.54 Å². The monoisotopic (exact) mass is 288 g/mol. The smallest absolute Gasteiger partial charge is 0.322 e. The molecule has 0 saturated carbocycles. The van der Waals surface area contributed by atoms with Crippen molar-refractivity contribution in [3.8, 4) is 0 Å². The highest BCUT2D eigenvalue weighted by Crippen LogP contribution is 2.33. The summed E-state index contributed by atoms with van der Waals surface area (Å²) >= 11 is 0. The second-order valence-corrected chi connectivity index (χ2v) is 6.03. The fraction of sp³-hybridized carbons (Fsp3) is 0.533. The minimum atomic E-state index is -0.767. The first-order valence-electron chi connectivity index (χ1n) is 7.30. The largest absolute Gasteiger partial charge is 0.371 e. The summed E-state index contributed by atoms with van der Waals surface area (Å²) in [5.41, 5.74) is 1.60. The van der Waals surface area contributed by atoms with E-state index >= 15 is 0 Å². The topological polar surface area (TPSA) is 74.3 Å². The van der Waals surface area contributed by atoms with Crippen LogP contribution < -0.4 is 15.5 Å². The van der Waals surface area contributed by atoms with E-state index in [2.05, 4.69) is 27.4 Å². The zero-order valence-corrected chi connectivity index (χ0v) is 12.3. The molecule has 2 fully saturated rings. The van der Waals surface area contributed by atoms with Gasteiger partial charge in [0, 0.05) is 31.2 Å². The van der Waals surface area contributed by atoms with Gasteiger partial charge in [-0.05, 0) is 44.2 Å². The van der Waals surface area contributed by atoms with Crippen molar-refractivity contribution in [1.29, 1.82) is 0 Å². The van der Waals surface area contributed by atoms with Crippen molar-refractivity contribution in [3.05, 3.63) is 24.0 Å². The molecule has 112 valence electrons. The Hall–Kier alpha value is -2.11. The zero-order chi connectivity index (χ0) is 15.0. The quantitative estimate of drug-likeness (QED) is 0.802. The minimum absolute atomic E-state index is 0.169. The van der Waals surface area contributed by atoms with Gasteiger partial charge in [-0.15, -0.1) is 0 Å². The van der Waals surface area contributed by atoms with Gasteiger partial charge in [0.05, 0.1) is 0 Å². The van der Waals surface area contributed by atoms with Crippen LogP contribution in [0.1, 0.15) is 25.3 Å². The highest BCUT2D eigenvalue weighted by atomic mass is 16.2. The van der Waals surface area contributed by atoms with Crippen LogP contribution in [0.3, 0.4) is 0 Å². The average Bonchev–Trinajstić information content (AvgIpc) is 2.74. The summed E-state index contributed by atoms with van der Waals surface area (Å²) < 4.78 is 0. The number of aromatic nitrogens is 1. The Kier molecular flexibility index (Phi) is 3.31. The van der Waals surface area contributed by atoms with Crippen molar-refractivity contribution in [3.63, 3.8) is 0 Å². The molecule has 3 amide bonds. The van der Waals surface area contributed by atoms with Crippen molar-refractivity contribution in [2.45, 2.75) is 32.2 Å². The average molecular weight is 288 g/mol. The second-order valence-electron chi connectivity index (χ2n) is 6.03. The third-order valence-corrected chi connectivity index (χ3v) is 4.71. The summed E-state index contributed by atoms with van der Waals surface area (Å²) in [5.74, 6) is -0.0339. The number of rotatable bonds is 2. The summed E-state index contributed by atoms with van der Waals surface area (Å²) in [5, 5.41) is 5.13. The van der Waals surface area contributed by atoms with E-state index in [1.54, 1.807) is 6.20 Å².